The lowest BCUT2D eigenvalue weighted by Crippen LogP contribution is -2.56. The molecule has 0 bridgehead atoms. The van der Waals surface area contributed by atoms with E-state index >= 15 is 0 Å². The molecule has 144 valence electrons. The van der Waals surface area contributed by atoms with Crippen molar-refractivity contribution in [2.75, 3.05) is 0 Å². The SMILES string of the molecule is CC(C)C(NC(=O)C(CC(=O)O)NC(=O)C(N)Cc1cnc[nH]1)C(=O)O. The lowest BCUT2D eigenvalue weighted by atomic mass is 10.0. The number of carbonyl (C=O) groups is 4. The predicted molar refractivity (Wildman–Crippen MR) is 88.9 cm³/mol. The number of nitrogens with two attached hydrogens (primary N) is 1. The summed E-state index contributed by atoms with van der Waals surface area (Å²) in [5.41, 5.74) is 6.35. The first-order chi connectivity index (χ1) is 12.1. The van der Waals surface area contributed by atoms with Crippen molar-refractivity contribution < 1.29 is 29.4 Å². The standard InChI is InChI=1S/C15H23N5O6/c1-7(2)12(15(25)26)20-14(24)10(4-11(21)22)19-13(23)9(16)3-8-5-17-6-18-8/h5-7,9-10,12H,3-4,16H2,1-2H3,(H,17,18)(H,19,23)(H,20,24)(H,21,22)(H,25,26). The molecule has 0 saturated carbocycles. The number of nitrogens with zero attached hydrogens (tertiary/aromatic N) is 1. The van der Waals surface area contributed by atoms with E-state index < -0.39 is 54.2 Å². The molecule has 11 nitrogen and oxygen atoms in total. The van der Waals surface area contributed by atoms with Crippen LogP contribution in [-0.4, -0.2) is 62.1 Å². The summed E-state index contributed by atoms with van der Waals surface area (Å²) in [5.74, 6) is -4.66. The Morgan fingerprint density at radius 3 is 2.31 bits per heavy atom. The highest BCUT2D eigenvalue weighted by atomic mass is 16.4. The fourth-order valence-electron chi connectivity index (χ4n) is 2.16. The normalized spacial score (nSPS) is 14.3. The molecule has 0 aliphatic rings. The van der Waals surface area contributed by atoms with Crippen LogP contribution in [0.4, 0.5) is 0 Å². The molecule has 3 atom stereocenters. The molecule has 0 aliphatic heterocycles. The van der Waals surface area contributed by atoms with Crippen molar-refractivity contribution >= 4 is 23.8 Å². The van der Waals surface area contributed by atoms with Gasteiger partial charge in [0.2, 0.25) is 11.8 Å². The van der Waals surface area contributed by atoms with Crippen molar-refractivity contribution in [1.82, 2.24) is 20.6 Å². The zero-order chi connectivity index (χ0) is 19.9. The zero-order valence-electron chi connectivity index (χ0n) is 14.4. The molecule has 1 rings (SSSR count). The van der Waals surface area contributed by atoms with Crippen LogP contribution in [0.3, 0.4) is 0 Å². The summed E-state index contributed by atoms with van der Waals surface area (Å²) in [6, 6.07) is -3.71. The predicted octanol–water partition coefficient (Wildman–Crippen LogP) is -1.54. The molecule has 1 aromatic heterocycles. The zero-order valence-corrected chi connectivity index (χ0v) is 14.4. The third kappa shape index (κ3) is 6.51. The number of aliphatic carboxylic acids is 2. The number of amides is 2. The number of imidazole rings is 1. The van der Waals surface area contributed by atoms with E-state index in [-0.39, 0.29) is 6.42 Å². The van der Waals surface area contributed by atoms with E-state index in [1.807, 2.05) is 0 Å². The Labute approximate surface area is 149 Å². The molecule has 3 unspecified atom stereocenters. The molecular formula is C15H23N5O6. The van der Waals surface area contributed by atoms with E-state index in [1.165, 1.54) is 12.5 Å². The summed E-state index contributed by atoms with van der Waals surface area (Å²) < 4.78 is 0. The number of aromatic nitrogens is 2. The minimum Gasteiger partial charge on any atom is -0.481 e. The van der Waals surface area contributed by atoms with Gasteiger partial charge in [0.1, 0.15) is 12.1 Å². The molecule has 1 heterocycles. The number of hydrogen-bond donors (Lipinski definition) is 6. The van der Waals surface area contributed by atoms with Crippen molar-refractivity contribution in [3.8, 4) is 0 Å². The van der Waals surface area contributed by atoms with Crippen LogP contribution in [0, 0.1) is 5.92 Å². The van der Waals surface area contributed by atoms with Gasteiger partial charge in [-0.3, -0.25) is 14.4 Å². The summed E-state index contributed by atoms with van der Waals surface area (Å²) in [4.78, 5) is 53.1. The van der Waals surface area contributed by atoms with Crippen LogP contribution in [-0.2, 0) is 25.6 Å². The van der Waals surface area contributed by atoms with Crippen LogP contribution in [0.5, 0.6) is 0 Å². The van der Waals surface area contributed by atoms with Crippen molar-refractivity contribution in [2.24, 2.45) is 11.7 Å². The second-order valence-corrected chi connectivity index (χ2v) is 6.12. The summed E-state index contributed by atoms with van der Waals surface area (Å²) in [5, 5.41) is 22.6. The molecule has 11 heteroatoms. The van der Waals surface area contributed by atoms with E-state index in [0.717, 1.165) is 0 Å². The molecule has 0 aromatic carbocycles. The molecule has 0 radical (unpaired) electrons. The summed E-state index contributed by atoms with van der Waals surface area (Å²) >= 11 is 0. The maximum absolute atomic E-state index is 12.3. The van der Waals surface area contributed by atoms with E-state index in [2.05, 4.69) is 20.6 Å². The van der Waals surface area contributed by atoms with Crippen molar-refractivity contribution in [1.29, 1.82) is 0 Å². The minimum absolute atomic E-state index is 0.108. The van der Waals surface area contributed by atoms with Crippen LogP contribution >= 0.6 is 0 Å². The molecule has 0 spiro atoms. The monoisotopic (exact) mass is 369 g/mol. The quantitative estimate of drug-likeness (QED) is 0.286. The largest absolute Gasteiger partial charge is 0.481 e. The Bertz CT molecular complexity index is 645. The molecule has 1 aromatic rings. The lowest BCUT2D eigenvalue weighted by molar-refractivity contribution is -0.144. The van der Waals surface area contributed by atoms with Gasteiger partial charge in [0, 0.05) is 18.3 Å². The highest BCUT2D eigenvalue weighted by Crippen LogP contribution is 2.04. The second kappa shape index (κ2) is 9.51. The van der Waals surface area contributed by atoms with Crippen LogP contribution in [0.25, 0.3) is 0 Å². The first kappa shape index (κ1) is 21.1. The highest BCUT2D eigenvalue weighted by Gasteiger charge is 2.30. The smallest absolute Gasteiger partial charge is 0.326 e. The van der Waals surface area contributed by atoms with E-state index in [0.29, 0.717) is 5.69 Å². The molecule has 0 fully saturated rings. The number of carbonyl (C=O) groups excluding carboxylic acids is 2. The van der Waals surface area contributed by atoms with Gasteiger partial charge in [0.25, 0.3) is 0 Å². The number of carboxylic acids is 2. The fraction of sp³-hybridized carbons (Fsp3) is 0.533. The van der Waals surface area contributed by atoms with Gasteiger partial charge in [-0.2, -0.15) is 0 Å². The number of carboxylic acid groups (broad SMARTS) is 2. The van der Waals surface area contributed by atoms with Gasteiger partial charge < -0.3 is 31.6 Å². The van der Waals surface area contributed by atoms with Gasteiger partial charge in [0.15, 0.2) is 0 Å². The molecule has 26 heavy (non-hydrogen) atoms. The summed E-state index contributed by atoms with van der Waals surface area (Å²) in [6.07, 6.45) is 2.29. The highest BCUT2D eigenvalue weighted by molar-refractivity contribution is 5.94. The lowest BCUT2D eigenvalue weighted by Gasteiger charge is -2.23. The van der Waals surface area contributed by atoms with Crippen LogP contribution < -0.4 is 16.4 Å². The Morgan fingerprint density at radius 2 is 1.85 bits per heavy atom. The van der Waals surface area contributed by atoms with Gasteiger partial charge in [-0.15, -0.1) is 0 Å². The number of rotatable bonds is 10. The third-order valence-electron chi connectivity index (χ3n) is 3.57. The average Bonchev–Trinajstić information content (AvgIpc) is 3.03. The second-order valence-electron chi connectivity index (χ2n) is 6.12. The molecular weight excluding hydrogens is 346 g/mol. The first-order valence-electron chi connectivity index (χ1n) is 7.90. The maximum Gasteiger partial charge on any atom is 0.326 e. The van der Waals surface area contributed by atoms with E-state index in [1.54, 1.807) is 13.8 Å². The van der Waals surface area contributed by atoms with E-state index in [4.69, 9.17) is 15.9 Å². The van der Waals surface area contributed by atoms with Gasteiger partial charge in [-0.1, -0.05) is 13.8 Å². The van der Waals surface area contributed by atoms with Crippen molar-refractivity contribution in [3.05, 3.63) is 18.2 Å². The van der Waals surface area contributed by atoms with Crippen molar-refractivity contribution in [2.45, 2.75) is 44.8 Å². The molecule has 7 N–H and O–H groups in total. The molecule has 0 aliphatic carbocycles. The summed E-state index contributed by atoms with van der Waals surface area (Å²) in [6.45, 7) is 3.17. The van der Waals surface area contributed by atoms with Crippen molar-refractivity contribution in [3.63, 3.8) is 0 Å². The topological polar surface area (TPSA) is 187 Å². The molecule has 2 amide bonds. The number of nitrogens with one attached hydrogen (secondary N) is 3. The van der Waals surface area contributed by atoms with Gasteiger partial charge in [-0.25, -0.2) is 9.78 Å². The number of H-pyrrole nitrogens is 1. The van der Waals surface area contributed by atoms with Crippen LogP contribution in [0.2, 0.25) is 0 Å². The Balaban J connectivity index is 2.78. The first-order valence-corrected chi connectivity index (χ1v) is 7.90. The van der Waals surface area contributed by atoms with Crippen LogP contribution in [0.15, 0.2) is 12.5 Å². The van der Waals surface area contributed by atoms with Gasteiger partial charge in [0.05, 0.1) is 18.8 Å². The van der Waals surface area contributed by atoms with Gasteiger partial charge >= 0.3 is 11.9 Å². The minimum atomic E-state index is -1.45. The number of hydrogen-bond acceptors (Lipinski definition) is 6. The third-order valence-corrected chi connectivity index (χ3v) is 3.57. The fourth-order valence-corrected chi connectivity index (χ4v) is 2.16. The summed E-state index contributed by atoms with van der Waals surface area (Å²) in [7, 11) is 0. The average molecular weight is 369 g/mol. The molecule has 0 saturated heterocycles. The Hall–Kier alpha value is -2.95. The van der Waals surface area contributed by atoms with Crippen LogP contribution in [0.1, 0.15) is 26.0 Å². The maximum atomic E-state index is 12.3. The Morgan fingerprint density at radius 1 is 1.19 bits per heavy atom. The van der Waals surface area contributed by atoms with Gasteiger partial charge in [-0.05, 0) is 5.92 Å². The number of aromatic amines is 1. The van der Waals surface area contributed by atoms with E-state index in [9.17, 15) is 19.2 Å². The Kier molecular flexibility index (Phi) is 7.72.